The first-order chi connectivity index (χ1) is 10.2. The summed E-state index contributed by atoms with van der Waals surface area (Å²) >= 11 is 0. The van der Waals surface area contributed by atoms with Crippen LogP contribution in [0.4, 0.5) is 4.79 Å². The van der Waals surface area contributed by atoms with Gasteiger partial charge in [-0.15, -0.1) is 0 Å². The van der Waals surface area contributed by atoms with Crippen molar-refractivity contribution in [3.05, 3.63) is 0 Å². The van der Waals surface area contributed by atoms with E-state index in [1.54, 1.807) is 0 Å². The average molecular weight is 312 g/mol. The molecule has 1 aliphatic carbocycles. The molecule has 0 aromatic heterocycles. The molecule has 130 valence electrons. The summed E-state index contributed by atoms with van der Waals surface area (Å²) in [6.07, 6.45) is 5.07. The number of ether oxygens (including phenoxy) is 1. The Labute approximate surface area is 136 Å². The highest BCUT2D eigenvalue weighted by atomic mass is 16.6. The van der Waals surface area contributed by atoms with Crippen LogP contribution in [-0.2, 0) is 4.74 Å². The van der Waals surface area contributed by atoms with Gasteiger partial charge in [-0.2, -0.15) is 0 Å². The molecule has 22 heavy (non-hydrogen) atoms. The fraction of sp³-hybridized carbons (Fsp3) is 0.944. The number of carbonyl (C=O) groups excluding carboxylic acids is 1. The highest BCUT2D eigenvalue weighted by molar-refractivity contribution is 5.67. The zero-order valence-corrected chi connectivity index (χ0v) is 15.4. The van der Waals surface area contributed by atoms with E-state index in [0.717, 1.165) is 18.4 Å². The third-order valence-corrected chi connectivity index (χ3v) is 4.38. The van der Waals surface area contributed by atoms with Crippen molar-refractivity contribution < 1.29 is 9.53 Å². The van der Waals surface area contributed by atoms with Gasteiger partial charge in [0.05, 0.1) is 0 Å². The lowest BCUT2D eigenvalue weighted by molar-refractivity contribution is 0.0519. The van der Waals surface area contributed by atoms with Crippen LogP contribution in [0.2, 0.25) is 0 Å². The molecule has 0 saturated heterocycles. The number of alkyl carbamates (subject to hydrolysis) is 1. The summed E-state index contributed by atoms with van der Waals surface area (Å²) < 4.78 is 5.30. The highest BCUT2D eigenvalue weighted by Crippen LogP contribution is 2.28. The number of carbonyl (C=O) groups is 1. The molecule has 0 heterocycles. The van der Waals surface area contributed by atoms with Gasteiger partial charge in [0.25, 0.3) is 0 Å². The van der Waals surface area contributed by atoms with Crippen LogP contribution < -0.4 is 10.6 Å². The number of nitrogens with one attached hydrogen (secondary N) is 2. The molecule has 3 atom stereocenters. The summed E-state index contributed by atoms with van der Waals surface area (Å²) in [7, 11) is 0. The molecule has 4 heteroatoms. The van der Waals surface area contributed by atoms with Gasteiger partial charge in [-0.25, -0.2) is 4.79 Å². The lowest BCUT2D eigenvalue weighted by atomic mass is 9.82. The molecule has 0 bridgehead atoms. The molecule has 0 spiro atoms. The molecule has 1 amide bonds. The second-order valence-electron chi connectivity index (χ2n) is 8.28. The Morgan fingerprint density at radius 3 is 2.50 bits per heavy atom. The number of rotatable bonds is 6. The van der Waals surface area contributed by atoms with Gasteiger partial charge in [0.1, 0.15) is 5.60 Å². The average Bonchev–Trinajstić information content (AvgIpc) is 2.36. The smallest absolute Gasteiger partial charge is 0.407 e. The first-order valence-electron chi connectivity index (χ1n) is 8.87. The van der Waals surface area contributed by atoms with E-state index < -0.39 is 5.60 Å². The Kier molecular flexibility index (Phi) is 7.67. The third-order valence-electron chi connectivity index (χ3n) is 4.38. The fourth-order valence-corrected chi connectivity index (χ4v) is 3.11. The van der Waals surface area contributed by atoms with Crippen LogP contribution in [-0.4, -0.2) is 30.8 Å². The molecule has 1 rings (SSSR count). The van der Waals surface area contributed by atoms with Crippen LogP contribution in [0.25, 0.3) is 0 Å². The Morgan fingerprint density at radius 1 is 1.27 bits per heavy atom. The topological polar surface area (TPSA) is 50.4 Å². The molecule has 1 aliphatic rings. The molecule has 0 radical (unpaired) electrons. The number of amides is 1. The standard InChI is InChI=1S/C18H36N2O2/c1-13(2)16(12-20-17(21)22-18(4,5)6)19-11-15-9-7-8-14(3)10-15/h13-16,19H,7-12H2,1-6H3,(H,20,21). The minimum absolute atomic E-state index is 0.296. The zero-order chi connectivity index (χ0) is 16.8. The fourth-order valence-electron chi connectivity index (χ4n) is 3.11. The van der Waals surface area contributed by atoms with Crippen molar-refractivity contribution in [3.8, 4) is 0 Å². The predicted octanol–water partition coefficient (Wildman–Crippen LogP) is 3.95. The Hall–Kier alpha value is -0.770. The molecule has 1 fully saturated rings. The van der Waals surface area contributed by atoms with E-state index in [-0.39, 0.29) is 6.09 Å². The quantitative estimate of drug-likeness (QED) is 0.780. The van der Waals surface area contributed by atoms with Gasteiger partial charge in [0.15, 0.2) is 0 Å². The summed E-state index contributed by atoms with van der Waals surface area (Å²) in [5.41, 5.74) is -0.441. The molecule has 4 nitrogen and oxygen atoms in total. The van der Waals surface area contributed by atoms with Crippen LogP contribution in [0.15, 0.2) is 0 Å². The van der Waals surface area contributed by atoms with Crippen molar-refractivity contribution in [2.75, 3.05) is 13.1 Å². The van der Waals surface area contributed by atoms with Crippen LogP contribution in [0.5, 0.6) is 0 Å². The lowest BCUT2D eigenvalue weighted by Crippen LogP contribution is -2.47. The van der Waals surface area contributed by atoms with E-state index in [1.807, 2.05) is 20.8 Å². The summed E-state index contributed by atoms with van der Waals surface area (Å²) in [4.78, 5) is 11.8. The molecule has 0 aromatic carbocycles. The van der Waals surface area contributed by atoms with Gasteiger partial charge in [0, 0.05) is 12.6 Å². The maximum Gasteiger partial charge on any atom is 0.407 e. The van der Waals surface area contributed by atoms with Crippen LogP contribution in [0.1, 0.15) is 67.2 Å². The van der Waals surface area contributed by atoms with E-state index in [4.69, 9.17) is 4.74 Å². The van der Waals surface area contributed by atoms with E-state index in [9.17, 15) is 4.79 Å². The Bertz CT molecular complexity index is 336. The summed E-state index contributed by atoms with van der Waals surface area (Å²) in [6.45, 7) is 14.1. The SMILES string of the molecule is CC1CCCC(CNC(CNC(=O)OC(C)(C)C)C(C)C)C1. The van der Waals surface area contributed by atoms with Crippen molar-refractivity contribution in [1.82, 2.24) is 10.6 Å². The van der Waals surface area contributed by atoms with Crippen molar-refractivity contribution >= 4 is 6.09 Å². The normalized spacial score (nSPS) is 24.1. The van der Waals surface area contributed by atoms with Gasteiger partial charge in [-0.1, -0.05) is 33.6 Å². The van der Waals surface area contributed by atoms with Crippen molar-refractivity contribution in [1.29, 1.82) is 0 Å². The number of hydrogen-bond acceptors (Lipinski definition) is 3. The van der Waals surface area contributed by atoms with Crippen molar-refractivity contribution in [2.45, 2.75) is 78.9 Å². The van der Waals surface area contributed by atoms with Crippen LogP contribution in [0.3, 0.4) is 0 Å². The molecular formula is C18H36N2O2. The third kappa shape index (κ3) is 8.02. The van der Waals surface area contributed by atoms with Crippen LogP contribution >= 0.6 is 0 Å². The van der Waals surface area contributed by atoms with E-state index >= 15 is 0 Å². The summed E-state index contributed by atoms with van der Waals surface area (Å²) in [5.74, 6) is 2.13. The second kappa shape index (κ2) is 8.76. The van der Waals surface area contributed by atoms with Gasteiger partial charge in [0.2, 0.25) is 0 Å². The van der Waals surface area contributed by atoms with Gasteiger partial charge in [-0.05, 0) is 57.9 Å². The summed E-state index contributed by atoms with van der Waals surface area (Å²) in [6, 6.07) is 0.296. The largest absolute Gasteiger partial charge is 0.444 e. The van der Waals surface area contributed by atoms with E-state index in [1.165, 1.54) is 25.7 Å². The summed E-state index contributed by atoms with van der Waals surface area (Å²) in [5, 5.41) is 6.55. The molecule has 0 aromatic rings. The predicted molar refractivity (Wildman–Crippen MR) is 92.0 cm³/mol. The highest BCUT2D eigenvalue weighted by Gasteiger charge is 2.22. The maximum atomic E-state index is 11.8. The lowest BCUT2D eigenvalue weighted by Gasteiger charge is -2.30. The van der Waals surface area contributed by atoms with E-state index in [0.29, 0.717) is 18.5 Å². The Balaban J connectivity index is 2.34. The first kappa shape index (κ1) is 19.3. The maximum absolute atomic E-state index is 11.8. The minimum Gasteiger partial charge on any atom is -0.444 e. The zero-order valence-electron chi connectivity index (χ0n) is 15.4. The number of hydrogen-bond donors (Lipinski definition) is 2. The minimum atomic E-state index is -0.441. The monoisotopic (exact) mass is 312 g/mol. The molecule has 3 unspecified atom stereocenters. The van der Waals surface area contributed by atoms with E-state index in [2.05, 4.69) is 31.4 Å². The first-order valence-corrected chi connectivity index (χ1v) is 8.87. The molecule has 2 N–H and O–H groups in total. The van der Waals surface area contributed by atoms with Crippen molar-refractivity contribution in [2.24, 2.45) is 17.8 Å². The van der Waals surface area contributed by atoms with Crippen molar-refractivity contribution in [3.63, 3.8) is 0 Å². The molecular weight excluding hydrogens is 276 g/mol. The van der Waals surface area contributed by atoms with Gasteiger partial charge < -0.3 is 15.4 Å². The van der Waals surface area contributed by atoms with Gasteiger partial charge in [-0.3, -0.25) is 0 Å². The Morgan fingerprint density at radius 2 is 1.95 bits per heavy atom. The molecule has 0 aliphatic heterocycles. The molecule has 1 saturated carbocycles. The van der Waals surface area contributed by atoms with Crippen LogP contribution in [0, 0.1) is 17.8 Å². The van der Waals surface area contributed by atoms with Gasteiger partial charge >= 0.3 is 6.09 Å². The second-order valence-corrected chi connectivity index (χ2v) is 8.28.